The first-order valence-corrected chi connectivity index (χ1v) is 5.24. The van der Waals surface area contributed by atoms with Crippen LogP contribution in [0.25, 0.3) is 0 Å². The van der Waals surface area contributed by atoms with Crippen LogP contribution in [0, 0.1) is 5.82 Å². The molecule has 1 aromatic heterocycles. The predicted molar refractivity (Wildman–Crippen MR) is 64.7 cm³/mol. The van der Waals surface area contributed by atoms with Crippen molar-refractivity contribution in [2.45, 2.75) is 0 Å². The first kappa shape index (κ1) is 12.0. The lowest BCUT2D eigenvalue weighted by Crippen LogP contribution is -2.20. The standard InChI is InChI=1S/C12H11FN4O/c1-17-11(6-7-15-17)12(18)16-14-8-9-2-4-10(13)5-3-9/h2-8H,1H3,(H,16,18). The van der Waals surface area contributed by atoms with Crippen molar-refractivity contribution in [1.82, 2.24) is 15.2 Å². The fourth-order valence-corrected chi connectivity index (χ4v) is 1.37. The number of halogens is 1. The van der Waals surface area contributed by atoms with Crippen LogP contribution in [0.15, 0.2) is 41.6 Å². The summed E-state index contributed by atoms with van der Waals surface area (Å²) in [6.45, 7) is 0. The van der Waals surface area contributed by atoms with Gasteiger partial charge in [0, 0.05) is 13.2 Å². The predicted octanol–water partition coefficient (Wildman–Crippen LogP) is 1.32. The Morgan fingerprint density at radius 2 is 2.11 bits per heavy atom. The summed E-state index contributed by atoms with van der Waals surface area (Å²) < 4.78 is 14.1. The number of aromatic nitrogens is 2. The van der Waals surface area contributed by atoms with E-state index in [0.29, 0.717) is 11.3 Å². The SMILES string of the molecule is Cn1nccc1C(=O)NN=Cc1ccc(F)cc1. The van der Waals surface area contributed by atoms with E-state index in [4.69, 9.17) is 0 Å². The van der Waals surface area contributed by atoms with Gasteiger partial charge in [0.15, 0.2) is 0 Å². The van der Waals surface area contributed by atoms with Gasteiger partial charge < -0.3 is 0 Å². The van der Waals surface area contributed by atoms with Gasteiger partial charge in [0.1, 0.15) is 11.5 Å². The molecule has 92 valence electrons. The quantitative estimate of drug-likeness (QED) is 0.656. The van der Waals surface area contributed by atoms with Crippen molar-refractivity contribution >= 4 is 12.1 Å². The van der Waals surface area contributed by atoms with Crippen LogP contribution < -0.4 is 5.43 Å². The number of hydrazone groups is 1. The van der Waals surface area contributed by atoms with Crippen LogP contribution >= 0.6 is 0 Å². The molecule has 0 aliphatic heterocycles. The maximum atomic E-state index is 12.6. The molecule has 1 aromatic carbocycles. The smallest absolute Gasteiger partial charge is 0.266 e. The van der Waals surface area contributed by atoms with Crippen molar-refractivity contribution in [3.8, 4) is 0 Å². The topological polar surface area (TPSA) is 59.3 Å². The molecular formula is C12H11FN4O. The molecule has 0 saturated carbocycles. The Balaban J connectivity index is 1.98. The molecule has 1 amide bonds. The lowest BCUT2D eigenvalue weighted by molar-refractivity contribution is 0.0945. The molecule has 0 aliphatic carbocycles. The molecule has 0 aliphatic rings. The molecule has 0 unspecified atom stereocenters. The second-order valence-corrected chi connectivity index (χ2v) is 3.59. The van der Waals surface area contributed by atoms with Crippen molar-refractivity contribution in [3.05, 3.63) is 53.6 Å². The van der Waals surface area contributed by atoms with Crippen LogP contribution in [0.3, 0.4) is 0 Å². The Hall–Kier alpha value is -2.50. The van der Waals surface area contributed by atoms with Crippen LogP contribution in [-0.4, -0.2) is 21.9 Å². The van der Waals surface area contributed by atoms with Gasteiger partial charge in [-0.1, -0.05) is 12.1 Å². The minimum atomic E-state index is -0.353. The maximum absolute atomic E-state index is 12.6. The molecule has 2 aromatic rings. The molecular weight excluding hydrogens is 235 g/mol. The van der Waals surface area contributed by atoms with Crippen LogP contribution in [-0.2, 0) is 7.05 Å². The van der Waals surface area contributed by atoms with E-state index >= 15 is 0 Å². The molecule has 0 radical (unpaired) electrons. The Morgan fingerprint density at radius 3 is 2.72 bits per heavy atom. The third kappa shape index (κ3) is 2.79. The summed E-state index contributed by atoms with van der Waals surface area (Å²) in [5.74, 6) is -0.667. The maximum Gasteiger partial charge on any atom is 0.289 e. The molecule has 0 bridgehead atoms. The number of aryl methyl sites for hydroxylation is 1. The number of amides is 1. The first-order valence-electron chi connectivity index (χ1n) is 5.24. The monoisotopic (exact) mass is 246 g/mol. The lowest BCUT2D eigenvalue weighted by Gasteiger charge is -1.99. The van der Waals surface area contributed by atoms with Gasteiger partial charge >= 0.3 is 0 Å². The highest BCUT2D eigenvalue weighted by Gasteiger charge is 2.07. The van der Waals surface area contributed by atoms with Gasteiger partial charge in [-0.05, 0) is 23.8 Å². The van der Waals surface area contributed by atoms with Crippen molar-refractivity contribution < 1.29 is 9.18 Å². The molecule has 0 saturated heterocycles. The molecule has 6 heteroatoms. The van der Waals surface area contributed by atoms with E-state index in [1.165, 1.54) is 29.2 Å². The van der Waals surface area contributed by atoms with Crippen LogP contribution in [0.1, 0.15) is 16.1 Å². The fraction of sp³-hybridized carbons (Fsp3) is 0.0833. The highest BCUT2D eigenvalue weighted by molar-refractivity contribution is 5.93. The van der Waals surface area contributed by atoms with E-state index in [2.05, 4.69) is 15.6 Å². The van der Waals surface area contributed by atoms with Gasteiger partial charge in [-0.3, -0.25) is 9.48 Å². The van der Waals surface area contributed by atoms with Crippen LogP contribution in [0.5, 0.6) is 0 Å². The zero-order valence-corrected chi connectivity index (χ0v) is 9.67. The first-order chi connectivity index (χ1) is 8.66. The van der Waals surface area contributed by atoms with Crippen molar-refractivity contribution in [1.29, 1.82) is 0 Å². The molecule has 1 N–H and O–H groups in total. The van der Waals surface area contributed by atoms with Crippen LogP contribution in [0.2, 0.25) is 0 Å². The van der Waals surface area contributed by atoms with E-state index < -0.39 is 0 Å². The van der Waals surface area contributed by atoms with Crippen molar-refractivity contribution in [2.75, 3.05) is 0 Å². The fourth-order valence-electron chi connectivity index (χ4n) is 1.37. The molecule has 0 atom stereocenters. The van der Waals surface area contributed by atoms with Gasteiger partial charge in [-0.25, -0.2) is 9.82 Å². The average Bonchev–Trinajstić information content (AvgIpc) is 2.78. The average molecular weight is 246 g/mol. The summed E-state index contributed by atoms with van der Waals surface area (Å²) in [6.07, 6.45) is 2.96. The van der Waals surface area contributed by atoms with E-state index in [9.17, 15) is 9.18 Å². The zero-order valence-electron chi connectivity index (χ0n) is 9.67. The summed E-state index contributed by atoms with van der Waals surface area (Å²) in [6, 6.07) is 7.36. The Morgan fingerprint density at radius 1 is 1.39 bits per heavy atom. The summed E-state index contributed by atoms with van der Waals surface area (Å²) >= 11 is 0. The van der Waals surface area contributed by atoms with E-state index in [1.54, 1.807) is 25.2 Å². The van der Waals surface area contributed by atoms with E-state index in [-0.39, 0.29) is 11.7 Å². The van der Waals surface area contributed by atoms with Gasteiger partial charge in [0.2, 0.25) is 0 Å². The summed E-state index contributed by atoms with van der Waals surface area (Å²) in [5, 5.41) is 7.66. The molecule has 18 heavy (non-hydrogen) atoms. The van der Waals surface area contributed by atoms with Crippen molar-refractivity contribution in [2.24, 2.45) is 12.1 Å². The third-order valence-corrected chi connectivity index (χ3v) is 2.30. The van der Waals surface area contributed by atoms with Gasteiger partial charge in [0.05, 0.1) is 6.21 Å². The van der Waals surface area contributed by atoms with E-state index in [0.717, 1.165) is 0 Å². The van der Waals surface area contributed by atoms with E-state index in [1.807, 2.05) is 0 Å². The minimum Gasteiger partial charge on any atom is -0.266 e. The number of nitrogens with zero attached hydrogens (tertiary/aromatic N) is 3. The second-order valence-electron chi connectivity index (χ2n) is 3.59. The summed E-state index contributed by atoms with van der Waals surface area (Å²) in [7, 11) is 1.67. The van der Waals surface area contributed by atoms with Gasteiger partial charge in [0.25, 0.3) is 5.91 Å². The Kier molecular flexibility index (Phi) is 3.47. The summed E-state index contributed by atoms with van der Waals surface area (Å²) in [4.78, 5) is 11.6. The van der Waals surface area contributed by atoms with Gasteiger partial charge in [-0.2, -0.15) is 10.2 Å². The lowest BCUT2D eigenvalue weighted by atomic mass is 10.2. The summed E-state index contributed by atoms with van der Waals surface area (Å²) in [5.41, 5.74) is 3.47. The number of hydrogen-bond acceptors (Lipinski definition) is 3. The number of hydrogen-bond donors (Lipinski definition) is 1. The number of nitrogens with one attached hydrogen (secondary N) is 1. The molecule has 2 rings (SSSR count). The number of benzene rings is 1. The Bertz CT molecular complexity index is 574. The Labute approximate surface area is 103 Å². The molecule has 1 heterocycles. The van der Waals surface area contributed by atoms with Crippen LogP contribution in [0.4, 0.5) is 4.39 Å². The number of rotatable bonds is 3. The minimum absolute atomic E-state index is 0.314. The largest absolute Gasteiger partial charge is 0.289 e. The second kappa shape index (κ2) is 5.22. The molecule has 0 fully saturated rings. The number of carbonyl (C=O) groups is 1. The zero-order chi connectivity index (χ0) is 13.0. The molecule has 5 nitrogen and oxygen atoms in total. The highest BCUT2D eigenvalue weighted by atomic mass is 19.1. The normalized spacial score (nSPS) is 10.8. The highest BCUT2D eigenvalue weighted by Crippen LogP contribution is 2.00. The third-order valence-electron chi connectivity index (χ3n) is 2.30. The van der Waals surface area contributed by atoms with Crippen molar-refractivity contribution in [3.63, 3.8) is 0 Å². The molecule has 0 spiro atoms. The van der Waals surface area contributed by atoms with Gasteiger partial charge in [-0.15, -0.1) is 0 Å². The number of carbonyl (C=O) groups excluding carboxylic acids is 1.